The van der Waals surface area contributed by atoms with Crippen molar-refractivity contribution < 1.29 is 38.2 Å². The summed E-state index contributed by atoms with van der Waals surface area (Å²) in [5, 5.41) is 22.7. The number of rotatable bonds is 4. The summed E-state index contributed by atoms with van der Waals surface area (Å²) in [6, 6.07) is 24.4. The van der Waals surface area contributed by atoms with Crippen LogP contribution in [0, 0.1) is 0 Å². The van der Waals surface area contributed by atoms with Crippen LogP contribution < -0.4 is 10.2 Å². The summed E-state index contributed by atoms with van der Waals surface area (Å²) in [5.74, 6) is 1.14. The van der Waals surface area contributed by atoms with E-state index in [1.165, 1.54) is 24.6 Å². The topological polar surface area (TPSA) is 160 Å². The molecule has 0 saturated carbocycles. The maximum absolute atomic E-state index is 11.3. The first kappa shape index (κ1) is 29.1. The van der Waals surface area contributed by atoms with Gasteiger partial charge in [0.05, 0.1) is 0 Å². The van der Waals surface area contributed by atoms with Gasteiger partial charge in [0.2, 0.25) is 0 Å². The van der Waals surface area contributed by atoms with Crippen LogP contribution in [0.2, 0.25) is 0 Å². The molecule has 1 radical (unpaired) electrons. The number of aliphatic imine (C=N–C) groups is 2. The first-order valence-corrected chi connectivity index (χ1v) is 9.14. The van der Waals surface area contributed by atoms with Crippen molar-refractivity contribution in [1.82, 2.24) is 9.97 Å². The Morgan fingerprint density at radius 3 is 1.24 bits per heavy atom. The number of benzene rings is 2. The van der Waals surface area contributed by atoms with Gasteiger partial charge in [0, 0.05) is 24.8 Å². The first-order chi connectivity index (χ1) is 14.7. The quantitative estimate of drug-likeness (QED) is 0.320. The van der Waals surface area contributed by atoms with Crippen LogP contribution in [0.1, 0.15) is 11.1 Å². The molecule has 0 saturated heterocycles. The van der Waals surface area contributed by atoms with Crippen molar-refractivity contribution in [2.24, 2.45) is 9.98 Å². The average molecular weight is 485 g/mol. The zero-order chi connectivity index (χ0) is 21.0. The van der Waals surface area contributed by atoms with Gasteiger partial charge in [0.25, 0.3) is 0 Å². The predicted molar refractivity (Wildman–Crippen MR) is 122 cm³/mol. The van der Waals surface area contributed by atoms with Gasteiger partial charge in [0.15, 0.2) is 11.6 Å². The minimum absolute atomic E-state index is 0. The molecule has 0 spiro atoms. The monoisotopic (exact) mass is 485 g/mol. The van der Waals surface area contributed by atoms with Gasteiger partial charge in [-0.3, -0.25) is 0 Å². The zero-order valence-corrected chi connectivity index (χ0v) is 18.6. The number of nitrogens with zero attached hydrogens (tertiary/aromatic N) is 4. The van der Waals surface area contributed by atoms with Crippen molar-refractivity contribution in [2.45, 2.75) is 0 Å². The van der Waals surface area contributed by atoms with Gasteiger partial charge < -0.3 is 21.2 Å². The Balaban J connectivity index is 0.000000569. The molecule has 0 amide bonds. The summed E-state index contributed by atoms with van der Waals surface area (Å²) < 4.78 is 0. The number of hydrogen-bond acceptors (Lipinski definition) is 6. The molecule has 4 aromatic rings. The van der Waals surface area contributed by atoms with E-state index in [1.54, 1.807) is 60.9 Å². The van der Waals surface area contributed by atoms with Gasteiger partial charge in [-0.05, 0) is 35.4 Å². The molecule has 169 valence electrons. The van der Waals surface area contributed by atoms with Crippen molar-refractivity contribution in [2.75, 3.05) is 0 Å². The van der Waals surface area contributed by atoms with Crippen molar-refractivity contribution in [1.29, 1.82) is 0 Å². The minimum atomic E-state index is -0.0304. The number of aromatic nitrogens is 2. The fraction of sp³-hybridized carbons (Fsp3) is 0. The summed E-state index contributed by atoms with van der Waals surface area (Å²) in [6.07, 6.45) is 6.39. The van der Waals surface area contributed by atoms with E-state index >= 15 is 0 Å². The summed E-state index contributed by atoms with van der Waals surface area (Å²) >= 11 is 0. The van der Waals surface area contributed by atoms with Crippen molar-refractivity contribution >= 4 is 24.1 Å². The maximum atomic E-state index is 11.3. The second kappa shape index (κ2) is 15.9. The molecule has 33 heavy (non-hydrogen) atoms. The molecule has 0 bridgehead atoms. The third-order valence-corrected chi connectivity index (χ3v) is 3.81. The van der Waals surface area contributed by atoms with Gasteiger partial charge in [-0.25, -0.2) is 20.0 Å². The third-order valence-electron chi connectivity index (χ3n) is 3.81. The van der Waals surface area contributed by atoms with Crippen LogP contribution in [0.15, 0.2) is 107 Å². The van der Waals surface area contributed by atoms with E-state index in [0.717, 1.165) is 0 Å². The fourth-order valence-electron chi connectivity index (χ4n) is 2.31. The van der Waals surface area contributed by atoms with Gasteiger partial charge in [-0.15, -0.1) is 11.5 Å². The van der Waals surface area contributed by atoms with Gasteiger partial charge in [-0.1, -0.05) is 60.7 Å². The van der Waals surface area contributed by atoms with Crippen molar-refractivity contribution in [3.05, 3.63) is 108 Å². The normalized spacial score (nSPS) is 9.70. The van der Waals surface area contributed by atoms with Crippen LogP contribution in [0.4, 0.5) is 11.6 Å². The predicted octanol–water partition coefficient (Wildman–Crippen LogP) is 2.16. The Hall–Kier alpha value is -3.88. The molecule has 0 atom stereocenters. The molecule has 4 N–H and O–H groups in total. The van der Waals surface area contributed by atoms with E-state index in [-0.39, 0.29) is 39.5 Å². The molecule has 0 aliphatic heterocycles. The maximum Gasteiger partial charge on any atom is 2.00 e. The Bertz CT molecular complexity index is 1040. The molecule has 2 aromatic carbocycles. The summed E-state index contributed by atoms with van der Waals surface area (Å²) in [4.78, 5) is 16.2. The molecule has 0 fully saturated rings. The van der Waals surface area contributed by atoms with E-state index in [9.17, 15) is 10.2 Å². The minimum Gasteiger partial charge on any atom is -0.872 e. The number of hydrogen-bond donors (Lipinski definition) is 0. The molecular formula is C24H22MnN4O4. The number of pyridine rings is 2. The fourth-order valence-corrected chi connectivity index (χ4v) is 2.31. The second-order valence-electron chi connectivity index (χ2n) is 5.97. The van der Waals surface area contributed by atoms with Crippen molar-refractivity contribution in [3.8, 4) is 11.5 Å². The van der Waals surface area contributed by atoms with Gasteiger partial charge >= 0.3 is 17.1 Å². The molecule has 0 unspecified atom stereocenters. The van der Waals surface area contributed by atoms with E-state index < -0.39 is 0 Å². The Labute approximate surface area is 202 Å². The SMILES string of the molecule is O.O.[Mn+2].[O-]c1ccccc1/C=N/c1ccccn1.[O-]c1ccccc1/C=N/c1ccccn1. The molecule has 0 aliphatic carbocycles. The summed E-state index contributed by atoms with van der Waals surface area (Å²) in [6.45, 7) is 0. The molecule has 2 heterocycles. The second-order valence-corrected chi connectivity index (χ2v) is 5.97. The van der Waals surface area contributed by atoms with Crippen LogP contribution in [0.25, 0.3) is 0 Å². The standard InChI is InChI=1S/2C12H10N2O.Mn.2H2O/c2*15-11-6-2-1-5-10(11)9-14-12-7-3-4-8-13-12;;;/h2*1-9,15H;;2*1H2/q;;+2;;/p-2/b2*14-9+;;;. The van der Waals surface area contributed by atoms with Gasteiger partial charge in [-0.2, -0.15) is 0 Å². The van der Waals surface area contributed by atoms with Crippen LogP contribution >= 0.6 is 0 Å². The molecule has 8 nitrogen and oxygen atoms in total. The Kier molecular flexibility index (Phi) is 14.0. The third kappa shape index (κ3) is 9.86. The van der Waals surface area contributed by atoms with Crippen LogP contribution in [-0.4, -0.2) is 33.3 Å². The molecule has 2 aromatic heterocycles. The van der Waals surface area contributed by atoms with E-state index in [4.69, 9.17) is 0 Å². The average Bonchev–Trinajstić information content (AvgIpc) is 2.80. The molecular weight excluding hydrogens is 463 g/mol. The van der Waals surface area contributed by atoms with E-state index in [1.807, 2.05) is 24.3 Å². The molecule has 0 aliphatic rings. The Morgan fingerprint density at radius 1 is 0.545 bits per heavy atom. The molecule has 9 heteroatoms. The Morgan fingerprint density at radius 2 is 0.909 bits per heavy atom. The van der Waals surface area contributed by atoms with Crippen LogP contribution in [0.3, 0.4) is 0 Å². The van der Waals surface area contributed by atoms with Crippen molar-refractivity contribution in [3.63, 3.8) is 0 Å². The summed E-state index contributed by atoms with van der Waals surface area (Å²) in [7, 11) is 0. The smallest absolute Gasteiger partial charge is 0.872 e. The van der Waals surface area contributed by atoms with E-state index in [2.05, 4.69) is 20.0 Å². The molecule has 4 rings (SSSR count). The van der Waals surface area contributed by atoms with Crippen LogP contribution in [0.5, 0.6) is 11.5 Å². The van der Waals surface area contributed by atoms with Crippen LogP contribution in [-0.2, 0) is 17.1 Å². The largest absolute Gasteiger partial charge is 2.00 e. The number of para-hydroxylation sites is 2. The zero-order valence-electron chi connectivity index (χ0n) is 17.4. The first-order valence-electron chi connectivity index (χ1n) is 9.14. The van der Waals surface area contributed by atoms with E-state index in [0.29, 0.717) is 22.8 Å². The van der Waals surface area contributed by atoms with Gasteiger partial charge in [0.1, 0.15) is 0 Å². The summed E-state index contributed by atoms with van der Waals surface area (Å²) in [5.41, 5.74) is 1.14.